The number of nitrogens with zero attached hydrogens (tertiary/aromatic N) is 1. The van der Waals surface area contributed by atoms with Crippen molar-refractivity contribution in [2.45, 2.75) is 39.0 Å². The third-order valence-corrected chi connectivity index (χ3v) is 3.71. The topological polar surface area (TPSA) is 43.1 Å². The fourth-order valence-corrected chi connectivity index (χ4v) is 2.73. The maximum Gasteiger partial charge on any atom is 0.272 e. The predicted molar refractivity (Wildman–Crippen MR) is 75.1 cm³/mol. The molecule has 2 atom stereocenters. The van der Waals surface area contributed by atoms with E-state index in [1.165, 1.54) is 0 Å². The van der Waals surface area contributed by atoms with Crippen LogP contribution >= 0.6 is 11.6 Å². The number of para-hydroxylation sites is 1. The summed E-state index contributed by atoms with van der Waals surface area (Å²) in [4.78, 5) is 10.6. The Morgan fingerprint density at radius 2 is 1.89 bits per heavy atom. The molecule has 0 radical (unpaired) electrons. The van der Waals surface area contributed by atoms with Crippen LogP contribution < -0.4 is 0 Å². The van der Waals surface area contributed by atoms with Crippen LogP contribution in [0.3, 0.4) is 0 Å². The van der Waals surface area contributed by atoms with Crippen molar-refractivity contribution in [3.05, 3.63) is 39.9 Å². The molecule has 3 nitrogen and oxygen atoms in total. The van der Waals surface area contributed by atoms with Crippen LogP contribution in [0.15, 0.2) is 24.3 Å². The molecule has 0 aliphatic rings. The smallest absolute Gasteiger partial charge is 0.258 e. The number of nitro benzene ring substituents is 1. The van der Waals surface area contributed by atoms with Crippen molar-refractivity contribution in [2.24, 2.45) is 11.8 Å². The number of hydrogen-bond donors (Lipinski definition) is 0. The zero-order valence-corrected chi connectivity index (χ0v) is 11.9. The minimum atomic E-state index is -0.316. The van der Waals surface area contributed by atoms with Crippen molar-refractivity contribution in [1.82, 2.24) is 0 Å². The Balaban J connectivity index is 2.76. The molecule has 1 rings (SSSR count). The number of alkyl halides is 1. The molecular formula is C14H20ClNO2. The van der Waals surface area contributed by atoms with Crippen molar-refractivity contribution in [3.63, 3.8) is 0 Å². The van der Waals surface area contributed by atoms with Gasteiger partial charge in [-0.3, -0.25) is 10.1 Å². The first-order valence-corrected chi connectivity index (χ1v) is 6.73. The van der Waals surface area contributed by atoms with E-state index in [1.54, 1.807) is 12.1 Å². The lowest BCUT2D eigenvalue weighted by Gasteiger charge is -2.23. The average Bonchev–Trinajstić information content (AvgIpc) is 2.28. The van der Waals surface area contributed by atoms with Gasteiger partial charge in [-0.15, -0.1) is 11.6 Å². The quantitative estimate of drug-likeness (QED) is 0.436. The number of nitro groups is 1. The van der Waals surface area contributed by atoms with Crippen LogP contribution in [0.1, 0.15) is 32.8 Å². The molecule has 0 heterocycles. The van der Waals surface area contributed by atoms with E-state index in [4.69, 9.17) is 11.6 Å². The molecule has 0 bridgehead atoms. The second kappa shape index (κ2) is 6.74. The molecule has 0 aromatic heterocycles. The van der Waals surface area contributed by atoms with E-state index in [0.29, 0.717) is 18.3 Å². The van der Waals surface area contributed by atoms with Gasteiger partial charge in [0.2, 0.25) is 0 Å². The zero-order valence-electron chi connectivity index (χ0n) is 11.1. The summed E-state index contributed by atoms with van der Waals surface area (Å²) < 4.78 is 0. The third kappa shape index (κ3) is 3.98. The Morgan fingerprint density at radius 1 is 1.28 bits per heavy atom. The molecule has 0 N–H and O–H groups in total. The Hall–Kier alpha value is -1.09. The number of aryl methyl sites for hydroxylation is 1. The summed E-state index contributed by atoms with van der Waals surface area (Å²) in [5.41, 5.74) is 1.01. The van der Waals surface area contributed by atoms with Crippen molar-refractivity contribution in [1.29, 1.82) is 0 Å². The van der Waals surface area contributed by atoms with Crippen LogP contribution in [0, 0.1) is 22.0 Å². The Labute approximate surface area is 113 Å². The van der Waals surface area contributed by atoms with Crippen LogP contribution in [-0.4, -0.2) is 10.3 Å². The van der Waals surface area contributed by atoms with Crippen molar-refractivity contribution < 1.29 is 4.92 Å². The fourth-order valence-electron chi connectivity index (χ4n) is 2.32. The monoisotopic (exact) mass is 269 g/mol. The standard InChI is InChI=1S/C14H20ClNO2/c1-10(2)13(11(3)15)9-8-12-6-4-5-7-14(12)16(17)18/h4-7,10-11,13H,8-9H2,1-3H3. The second-order valence-electron chi connectivity index (χ2n) is 5.01. The van der Waals surface area contributed by atoms with Gasteiger partial charge in [0.05, 0.1) is 4.92 Å². The molecule has 0 aliphatic carbocycles. The highest BCUT2D eigenvalue weighted by Gasteiger charge is 2.20. The normalized spacial score (nSPS) is 14.5. The highest BCUT2D eigenvalue weighted by Crippen LogP contribution is 2.27. The number of rotatable bonds is 6. The highest BCUT2D eigenvalue weighted by molar-refractivity contribution is 6.20. The van der Waals surface area contributed by atoms with Gasteiger partial charge in [0.15, 0.2) is 0 Å². The van der Waals surface area contributed by atoms with Crippen molar-refractivity contribution in [2.75, 3.05) is 0 Å². The van der Waals surface area contributed by atoms with E-state index >= 15 is 0 Å². The third-order valence-electron chi connectivity index (χ3n) is 3.38. The average molecular weight is 270 g/mol. The summed E-state index contributed by atoms with van der Waals surface area (Å²) in [6.45, 7) is 6.28. The highest BCUT2D eigenvalue weighted by atomic mass is 35.5. The summed E-state index contributed by atoms with van der Waals surface area (Å²) in [5.74, 6) is 0.867. The van der Waals surface area contributed by atoms with E-state index in [9.17, 15) is 10.1 Å². The summed E-state index contributed by atoms with van der Waals surface area (Å²) in [6, 6.07) is 6.93. The molecule has 1 aromatic rings. The summed E-state index contributed by atoms with van der Waals surface area (Å²) in [5, 5.41) is 11.0. The van der Waals surface area contributed by atoms with Crippen LogP contribution in [0.4, 0.5) is 5.69 Å². The molecule has 0 amide bonds. The van der Waals surface area contributed by atoms with Crippen molar-refractivity contribution >= 4 is 17.3 Å². The molecule has 0 saturated carbocycles. The summed E-state index contributed by atoms with van der Waals surface area (Å²) in [7, 11) is 0. The fraction of sp³-hybridized carbons (Fsp3) is 0.571. The van der Waals surface area contributed by atoms with Gasteiger partial charge in [-0.25, -0.2) is 0 Å². The molecular weight excluding hydrogens is 250 g/mol. The molecule has 100 valence electrons. The lowest BCUT2D eigenvalue weighted by atomic mass is 9.87. The first kappa shape index (κ1) is 15.0. The molecule has 0 fully saturated rings. The summed E-state index contributed by atoms with van der Waals surface area (Å²) in [6.07, 6.45) is 1.59. The van der Waals surface area contributed by atoms with Crippen LogP contribution in [0.2, 0.25) is 0 Å². The molecule has 0 saturated heterocycles. The lowest BCUT2D eigenvalue weighted by Crippen LogP contribution is -2.19. The molecule has 4 heteroatoms. The van der Waals surface area contributed by atoms with Gasteiger partial charge in [0.1, 0.15) is 0 Å². The van der Waals surface area contributed by atoms with Gasteiger partial charge in [-0.05, 0) is 31.6 Å². The maximum absolute atomic E-state index is 10.9. The van der Waals surface area contributed by atoms with Crippen LogP contribution in [0.25, 0.3) is 0 Å². The zero-order chi connectivity index (χ0) is 13.7. The van der Waals surface area contributed by atoms with Gasteiger partial charge in [0, 0.05) is 17.0 Å². The van der Waals surface area contributed by atoms with Gasteiger partial charge >= 0.3 is 0 Å². The summed E-state index contributed by atoms with van der Waals surface area (Å²) >= 11 is 6.17. The minimum Gasteiger partial charge on any atom is -0.258 e. The van der Waals surface area contributed by atoms with E-state index in [0.717, 1.165) is 12.0 Å². The largest absolute Gasteiger partial charge is 0.272 e. The van der Waals surface area contributed by atoms with E-state index < -0.39 is 0 Å². The lowest BCUT2D eigenvalue weighted by molar-refractivity contribution is -0.385. The van der Waals surface area contributed by atoms with Gasteiger partial charge in [0.25, 0.3) is 5.69 Å². The molecule has 0 spiro atoms. The molecule has 0 aliphatic heterocycles. The maximum atomic E-state index is 10.9. The molecule has 1 aromatic carbocycles. The Morgan fingerprint density at radius 3 is 2.39 bits per heavy atom. The number of halogens is 1. The first-order valence-electron chi connectivity index (χ1n) is 6.29. The number of hydrogen-bond acceptors (Lipinski definition) is 2. The minimum absolute atomic E-state index is 0.0905. The molecule has 2 unspecified atom stereocenters. The van der Waals surface area contributed by atoms with Gasteiger partial charge in [-0.1, -0.05) is 32.0 Å². The number of benzene rings is 1. The van der Waals surface area contributed by atoms with Crippen LogP contribution in [-0.2, 0) is 6.42 Å². The second-order valence-corrected chi connectivity index (χ2v) is 5.70. The van der Waals surface area contributed by atoms with Gasteiger partial charge in [-0.2, -0.15) is 0 Å². The van der Waals surface area contributed by atoms with Gasteiger partial charge < -0.3 is 0 Å². The van der Waals surface area contributed by atoms with Crippen LogP contribution in [0.5, 0.6) is 0 Å². The Kier molecular flexibility index (Phi) is 5.60. The van der Waals surface area contributed by atoms with Crippen molar-refractivity contribution in [3.8, 4) is 0 Å². The SMILES string of the molecule is CC(C)C(CCc1ccccc1[N+](=O)[O-])C(C)Cl. The van der Waals surface area contributed by atoms with E-state index in [-0.39, 0.29) is 16.0 Å². The first-order chi connectivity index (χ1) is 8.43. The van der Waals surface area contributed by atoms with E-state index in [2.05, 4.69) is 13.8 Å². The van der Waals surface area contributed by atoms with E-state index in [1.807, 2.05) is 19.1 Å². The predicted octanol–water partition coefficient (Wildman–Crippen LogP) is 4.43. The molecule has 18 heavy (non-hydrogen) atoms. The Bertz CT molecular complexity index is 397.